The molecule has 0 bridgehead atoms. The van der Waals surface area contributed by atoms with Crippen molar-refractivity contribution in [1.82, 2.24) is 15.5 Å². The zero-order chi connectivity index (χ0) is 25.9. The fourth-order valence-corrected chi connectivity index (χ4v) is 5.12. The molecule has 2 aromatic carbocycles. The van der Waals surface area contributed by atoms with Gasteiger partial charge in [-0.1, -0.05) is 18.2 Å². The van der Waals surface area contributed by atoms with Gasteiger partial charge in [-0.25, -0.2) is 4.39 Å². The molecule has 0 radical (unpaired) electrons. The second-order valence-corrected chi connectivity index (χ2v) is 9.51. The summed E-state index contributed by atoms with van der Waals surface area (Å²) < 4.78 is 51.7. The van der Waals surface area contributed by atoms with Crippen LogP contribution < -0.4 is 10.6 Å². The van der Waals surface area contributed by atoms with E-state index in [-0.39, 0.29) is 17.4 Å². The smallest absolute Gasteiger partial charge is 0.390 e. The number of β-amino-alcohol motifs (C(OH)–C–C–N with tert-alkyl or cyclic N) is 1. The van der Waals surface area contributed by atoms with Crippen LogP contribution in [0.5, 0.6) is 0 Å². The second kappa shape index (κ2) is 11.0. The number of carbonyl (C=O) groups excluding carboxylic acids is 2. The third-order valence-electron chi connectivity index (χ3n) is 7.08. The largest absolute Gasteiger partial charge is 0.416 e. The molecule has 2 fully saturated rings. The van der Waals surface area contributed by atoms with E-state index >= 15 is 0 Å². The molecule has 1 saturated carbocycles. The number of aliphatic hydroxyl groups is 1. The Morgan fingerprint density at radius 1 is 1.00 bits per heavy atom. The summed E-state index contributed by atoms with van der Waals surface area (Å²) in [6, 6.07) is 10.4. The summed E-state index contributed by atoms with van der Waals surface area (Å²) in [6.45, 7) is 0.481. The zero-order valence-electron chi connectivity index (χ0n) is 19.6. The summed E-state index contributed by atoms with van der Waals surface area (Å²) in [7, 11) is 0. The number of rotatable bonds is 6. The van der Waals surface area contributed by atoms with Crippen molar-refractivity contribution in [3.63, 3.8) is 0 Å². The monoisotopic (exact) mass is 507 g/mol. The van der Waals surface area contributed by atoms with Gasteiger partial charge in [0.25, 0.3) is 5.91 Å². The summed E-state index contributed by atoms with van der Waals surface area (Å²) in [4.78, 5) is 26.7. The number of nitrogens with one attached hydrogen (secondary N) is 2. The van der Waals surface area contributed by atoms with Crippen molar-refractivity contribution in [2.75, 3.05) is 19.6 Å². The number of halogens is 4. The molecule has 6 nitrogen and oxygen atoms in total. The molecule has 1 unspecified atom stereocenters. The van der Waals surface area contributed by atoms with E-state index in [4.69, 9.17) is 0 Å². The summed E-state index contributed by atoms with van der Waals surface area (Å²) in [5, 5.41) is 15.5. The zero-order valence-corrected chi connectivity index (χ0v) is 19.6. The number of carbonyl (C=O) groups is 2. The number of aliphatic hydroxyl groups excluding tert-OH is 1. The van der Waals surface area contributed by atoms with Crippen molar-refractivity contribution < 1.29 is 32.3 Å². The van der Waals surface area contributed by atoms with Gasteiger partial charge < -0.3 is 15.7 Å². The van der Waals surface area contributed by atoms with E-state index in [1.165, 1.54) is 18.2 Å². The van der Waals surface area contributed by atoms with E-state index in [0.717, 1.165) is 49.4 Å². The molecule has 4 rings (SSSR count). The molecule has 1 aliphatic carbocycles. The van der Waals surface area contributed by atoms with Crippen LogP contribution >= 0.6 is 0 Å². The minimum absolute atomic E-state index is 0.194. The standard InChI is InChI=1S/C26H29F4N3O3/c27-20-8-4-16(5-9-20)17-6-10-21(11-7-17)33-14-22(23(34)15-33)32-24(35)13-31-25(36)18-2-1-3-19(12-18)26(28,29)30/h1-5,8-9,12,17,21-23,34H,6-7,10-11,13-15H2,(H,31,36)(H,32,35)/t17?,21?,22-,23?/m0/s1. The molecular formula is C26H29F4N3O3. The topological polar surface area (TPSA) is 81.7 Å². The van der Waals surface area contributed by atoms with Crippen molar-refractivity contribution in [3.05, 3.63) is 71.0 Å². The van der Waals surface area contributed by atoms with E-state index in [1.54, 1.807) is 0 Å². The first-order chi connectivity index (χ1) is 17.1. The van der Waals surface area contributed by atoms with Crippen LogP contribution in [-0.2, 0) is 11.0 Å². The van der Waals surface area contributed by atoms with Gasteiger partial charge in [0.05, 0.1) is 24.3 Å². The van der Waals surface area contributed by atoms with E-state index in [1.807, 2.05) is 12.1 Å². The van der Waals surface area contributed by atoms with Gasteiger partial charge in [0, 0.05) is 24.7 Å². The van der Waals surface area contributed by atoms with Gasteiger partial charge in [-0.2, -0.15) is 13.2 Å². The summed E-state index contributed by atoms with van der Waals surface area (Å²) >= 11 is 0. The van der Waals surface area contributed by atoms with Crippen molar-refractivity contribution in [3.8, 4) is 0 Å². The van der Waals surface area contributed by atoms with Crippen molar-refractivity contribution in [1.29, 1.82) is 0 Å². The molecule has 2 aliphatic rings. The maximum Gasteiger partial charge on any atom is 0.416 e. The second-order valence-electron chi connectivity index (χ2n) is 9.51. The van der Waals surface area contributed by atoms with Crippen LogP contribution in [0.25, 0.3) is 0 Å². The highest BCUT2D eigenvalue weighted by molar-refractivity contribution is 5.96. The lowest BCUT2D eigenvalue weighted by molar-refractivity contribution is -0.137. The number of likely N-dealkylation sites (tertiary alicyclic amines) is 1. The van der Waals surface area contributed by atoms with Gasteiger partial charge in [0.15, 0.2) is 0 Å². The first-order valence-electron chi connectivity index (χ1n) is 12.0. The van der Waals surface area contributed by atoms with Gasteiger partial charge in [-0.15, -0.1) is 0 Å². The molecule has 1 heterocycles. The Balaban J connectivity index is 1.23. The minimum Gasteiger partial charge on any atom is -0.390 e. The van der Waals surface area contributed by atoms with Crippen LogP contribution in [0, 0.1) is 5.82 Å². The molecule has 1 aliphatic heterocycles. The van der Waals surface area contributed by atoms with Crippen molar-refractivity contribution in [2.45, 2.75) is 56.0 Å². The van der Waals surface area contributed by atoms with Crippen LogP contribution in [0.1, 0.15) is 53.1 Å². The minimum atomic E-state index is -4.57. The maximum absolute atomic E-state index is 13.2. The molecule has 10 heteroatoms. The normalized spacial score (nSPS) is 24.9. The van der Waals surface area contributed by atoms with E-state index in [2.05, 4.69) is 15.5 Å². The van der Waals surface area contributed by atoms with Crippen LogP contribution in [0.4, 0.5) is 17.6 Å². The Morgan fingerprint density at radius 2 is 1.69 bits per heavy atom. The Bertz CT molecular complexity index is 1070. The maximum atomic E-state index is 13.2. The average molecular weight is 508 g/mol. The first-order valence-corrected chi connectivity index (χ1v) is 12.0. The van der Waals surface area contributed by atoms with Crippen LogP contribution in [0.15, 0.2) is 48.5 Å². The Hall–Kier alpha value is -2.98. The first kappa shape index (κ1) is 26.1. The van der Waals surface area contributed by atoms with Gasteiger partial charge in [0.1, 0.15) is 5.82 Å². The Labute approximate surface area is 206 Å². The number of benzene rings is 2. The highest BCUT2D eigenvalue weighted by Gasteiger charge is 2.37. The fraction of sp³-hybridized carbons (Fsp3) is 0.462. The molecule has 3 N–H and O–H groups in total. The molecule has 1 saturated heterocycles. The lowest BCUT2D eigenvalue weighted by Gasteiger charge is -2.34. The SMILES string of the molecule is O=C(CNC(=O)c1cccc(C(F)(F)F)c1)N[C@H]1CN(C2CCC(c3ccc(F)cc3)CC2)CC1O. The summed E-state index contributed by atoms with van der Waals surface area (Å²) in [5.74, 6) is -1.18. The number of hydrogen-bond donors (Lipinski definition) is 3. The Kier molecular flexibility index (Phi) is 7.94. The molecule has 2 atom stereocenters. The van der Waals surface area contributed by atoms with Gasteiger partial charge >= 0.3 is 6.18 Å². The molecule has 0 spiro atoms. The third-order valence-corrected chi connectivity index (χ3v) is 7.08. The molecule has 194 valence electrons. The quantitative estimate of drug-likeness (QED) is 0.524. The predicted octanol–water partition coefficient (Wildman–Crippen LogP) is 3.46. The van der Waals surface area contributed by atoms with Crippen LogP contribution in [0.3, 0.4) is 0 Å². The highest BCUT2D eigenvalue weighted by Crippen LogP contribution is 2.36. The van der Waals surface area contributed by atoms with Gasteiger partial charge in [-0.3, -0.25) is 14.5 Å². The summed E-state index contributed by atoms with van der Waals surface area (Å²) in [5.41, 5.74) is -0.00459. The fourth-order valence-electron chi connectivity index (χ4n) is 5.12. The van der Waals surface area contributed by atoms with Crippen molar-refractivity contribution in [2.24, 2.45) is 0 Å². The van der Waals surface area contributed by atoms with Crippen molar-refractivity contribution >= 4 is 11.8 Å². The number of alkyl halides is 3. The number of hydrogen-bond acceptors (Lipinski definition) is 4. The number of amides is 2. The lowest BCUT2D eigenvalue weighted by atomic mass is 9.81. The predicted molar refractivity (Wildman–Crippen MR) is 125 cm³/mol. The third kappa shape index (κ3) is 6.41. The number of nitrogens with zero attached hydrogens (tertiary/aromatic N) is 1. The summed E-state index contributed by atoms with van der Waals surface area (Å²) in [6.07, 6.45) is -1.55. The molecule has 2 aromatic rings. The average Bonchev–Trinajstić information content (AvgIpc) is 3.22. The van der Waals surface area contributed by atoms with Crippen LogP contribution in [0.2, 0.25) is 0 Å². The van der Waals surface area contributed by atoms with Crippen LogP contribution in [-0.4, -0.2) is 59.6 Å². The van der Waals surface area contributed by atoms with E-state index in [0.29, 0.717) is 19.0 Å². The van der Waals surface area contributed by atoms with Gasteiger partial charge in [-0.05, 0) is 67.5 Å². The molecular weight excluding hydrogens is 478 g/mol. The molecule has 36 heavy (non-hydrogen) atoms. The van der Waals surface area contributed by atoms with E-state index in [9.17, 15) is 32.3 Å². The Morgan fingerprint density at radius 3 is 2.36 bits per heavy atom. The van der Waals surface area contributed by atoms with E-state index < -0.39 is 42.2 Å². The lowest BCUT2D eigenvalue weighted by Crippen LogP contribution is -2.47. The highest BCUT2D eigenvalue weighted by atomic mass is 19.4. The van der Waals surface area contributed by atoms with Gasteiger partial charge in [0.2, 0.25) is 5.91 Å². The molecule has 2 amide bonds. The molecule has 0 aromatic heterocycles.